The van der Waals surface area contributed by atoms with E-state index in [1.165, 1.54) is 23.5 Å². The molecule has 0 aliphatic carbocycles. The monoisotopic (exact) mass is 221 g/mol. The molecule has 15 heavy (non-hydrogen) atoms. The standard InChI is InChI=1S/C11H8FNOS/c12-8-3-4-10(13-7-8)11(14)6-9-2-1-5-15-9/h1-5,7H,6H2. The van der Waals surface area contributed by atoms with Gasteiger partial charge in [0.05, 0.1) is 6.20 Å². The van der Waals surface area contributed by atoms with E-state index in [1.54, 1.807) is 0 Å². The predicted molar refractivity (Wildman–Crippen MR) is 56.5 cm³/mol. The van der Waals surface area contributed by atoms with Crippen LogP contribution in [0.3, 0.4) is 0 Å². The summed E-state index contributed by atoms with van der Waals surface area (Å²) in [4.78, 5) is 16.4. The number of ketones is 1. The van der Waals surface area contributed by atoms with Crippen molar-refractivity contribution >= 4 is 17.1 Å². The lowest BCUT2D eigenvalue weighted by Gasteiger charge is -1.97. The first-order valence-corrected chi connectivity index (χ1v) is 5.31. The summed E-state index contributed by atoms with van der Waals surface area (Å²) in [6.45, 7) is 0. The second-order valence-electron chi connectivity index (χ2n) is 3.04. The molecule has 0 saturated carbocycles. The molecule has 0 amide bonds. The molecule has 0 N–H and O–H groups in total. The van der Waals surface area contributed by atoms with E-state index >= 15 is 0 Å². The highest BCUT2D eigenvalue weighted by molar-refractivity contribution is 7.10. The van der Waals surface area contributed by atoms with Crippen LogP contribution in [0.15, 0.2) is 35.8 Å². The molecule has 0 atom stereocenters. The Balaban J connectivity index is 2.11. The number of halogens is 1. The van der Waals surface area contributed by atoms with Crippen molar-refractivity contribution in [3.05, 3.63) is 52.2 Å². The molecule has 0 aliphatic rings. The Bertz CT molecular complexity index is 450. The van der Waals surface area contributed by atoms with Gasteiger partial charge in [0.25, 0.3) is 0 Å². The van der Waals surface area contributed by atoms with Crippen LogP contribution >= 0.6 is 11.3 Å². The Kier molecular flexibility index (Phi) is 2.87. The molecule has 0 aromatic carbocycles. The Hall–Kier alpha value is -1.55. The Morgan fingerprint density at radius 3 is 2.87 bits per heavy atom. The van der Waals surface area contributed by atoms with Crippen LogP contribution in [-0.2, 0) is 6.42 Å². The number of hydrogen-bond donors (Lipinski definition) is 0. The lowest BCUT2D eigenvalue weighted by Crippen LogP contribution is -2.04. The maximum Gasteiger partial charge on any atom is 0.186 e. The number of Topliss-reactive ketones (excluding diaryl/α,β-unsaturated/α-hetero) is 1. The summed E-state index contributed by atoms with van der Waals surface area (Å²) >= 11 is 1.53. The van der Waals surface area contributed by atoms with Crippen LogP contribution < -0.4 is 0 Å². The van der Waals surface area contributed by atoms with Crippen molar-refractivity contribution in [3.8, 4) is 0 Å². The van der Waals surface area contributed by atoms with Gasteiger partial charge in [-0.1, -0.05) is 6.07 Å². The highest BCUT2D eigenvalue weighted by Crippen LogP contribution is 2.11. The van der Waals surface area contributed by atoms with Gasteiger partial charge in [0, 0.05) is 11.3 Å². The summed E-state index contributed by atoms with van der Waals surface area (Å²) in [5.41, 5.74) is 0.310. The summed E-state index contributed by atoms with van der Waals surface area (Å²) < 4.78 is 12.6. The second-order valence-corrected chi connectivity index (χ2v) is 4.07. The van der Waals surface area contributed by atoms with Gasteiger partial charge in [-0.3, -0.25) is 9.78 Å². The molecular weight excluding hydrogens is 213 g/mol. The Labute approximate surface area is 90.4 Å². The van der Waals surface area contributed by atoms with Gasteiger partial charge in [-0.2, -0.15) is 0 Å². The minimum atomic E-state index is -0.428. The molecule has 0 fully saturated rings. The zero-order chi connectivity index (χ0) is 10.7. The third kappa shape index (κ3) is 2.47. The number of thiophene rings is 1. The van der Waals surface area contributed by atoms with Crippen LogP contribution in [0.2, 0.25) is 0 Å². The van der Waals surface area contributed by atoms with E-state index in [9.17, 15) is 9.18 Å². The Morgan fingerprint density at radius 1 is 1.40 bits per heavy atom. The second kappa shape index (κ2) is 4.31. The number of pyridine rings is 1. The highest BCUT2D eigenvalue weighted by atomic mass is 32.1. The summed E-state index contributed by atoms with van der Waals surface area (Å²) in [5, 5.41) is 1.92. The van der Waals surface area contributed by atoms with E-state index < -0.39 is 5.82 Å². The van der Waals surface area contributed by atoms with Crippen molar-refractivity contribution in [2.45, 2.75) is 6.42 Å². The molecule has 2 nitrogen and oxygen atoms in total. The van der Waals surface area contributed by atoms with Crippen LogP contribution in [0.25, 0.3) is 0 Å². The van der Waals surface area contributed by atoms with Crippen LogP contribution in [0.1, 0.15) is 15.4 Å². The molecular formula is C11H8FNOS. The molecule has 4 heteroatoms. The van der Waals surface area contributed by atoms with Gasteiger partial charge in [-0.15, -0.1) is 11.3 Å². The van der Waals surface area contributed by atoms with E-state index in [0.29, 0.717) is 12.1 Å². The fraction of sp³-hybridized carbons (Fsp3) is 0.0909. The molecule has 0 unspecified atom stereocenters. The van der Waals surface area contributed by atoms with E-state index in [4.69, 9.17) is 0 Å². The SMILES string of the molecule is O=C(Cc1cccs1)c1ccc(F)cn1. The van der Waals surface area contributed by atoms with Gasteiger partial charge < -0.3 is 0 Å². The lowest BCUT2D eigenvalue weighted by molar-refractivity contribution is 0.0989. The smallest absolute Gasteiger partial charge is 0.186 e. The zero-order valence-corrected chi connectivity index (χ0v) is 8.63. The normalized spacial score (nSPS) is 10.2. The van der Waals surface area contributed by atoms with Crippen LogP contribution in [-0.4, -0.2) is 10.8 Å². The van der Waals surface area contributed by atoms with Crippen LogP contribution in [0.5, 0.6) is 0 Å². The van der Waals surface area contributed by atoms with Gasteiger partial charge in [-0.25, -0.2) is 4.39 Å². The number of aromatic nitrogens is 1. The summed E-state index contributed by atoms with van der Waals surface area (Å²) in [6, 6.07) is 6.44. The van der Waals surface area contributed by atoms with Gasteiger partial charge in [0.1, 0.15) is 11.5 Å². The minimum absolute atomic E-state index is 0.0857. The quantitative estimate of drug-likeness (QED) is 0.746. The summed E-state index contributed by atoms with van der Waals surface area (Å²) in [7, 11) is 0. The van der Waals surface area contributed by atoms with Gasteiger partial charge in [-0.05, 0) is 23.6 Å². The first-order chi connectivity index (χ1) is 7.25. The minimum Gasteiger partial charge on any atom is -0.292 e. The van der Waals surface area contributed by atoms with Crippen molar-refractivity contribution in [2.24, 2.45) is 0 Å². The van der Waals surface area contributed by atoms with Crippen molar-refractivity contribution in [2.75, 3.05) is 0 Å². The first-order valence-electron chi connectivity index (χ1n) is 4.43. The average Bonchev–Trinajstić information content (AvgIpc) is 2.71. The predicted octanol–water partition coefficient (Wildman–Crippen LogP) is 2.71. The molecule has 2 aromatic rings. The highest BCUT2D eigenvalue weighted by Gasteiger charge is 2.08. The van der Waals surface area contributed by atoms with Crippen molar-refractivity contribution in [1.82, 2.24) is 4.98 Å². The van der Waals surface area contributed by atoms with E-state index in [0.717, 1.165) is 11.1 Å². The maximum absolute atomic E-state index is 12.6. The average molecular weight is 221 g/mol. The molecule has 0 radical (unpaired) electrons. The molecule has 2 aromatic heterocycles. The lowest BCUT2D eigenvalue weighted by atomic mass is 10.2. The third-order valence-corrected chi connectivity index (χ3v) is 2.80. The van der Waals surface area contributed by atoms with Gasteiger partial charge in [0.15, 0.2) is 5.78 Å². The van der Waals surface area contributed by atoms with Crippen molar-refractivity contribution in [1.29, 1.82) is 0 Å². The number of rotatable bonds is 3. The fourth-order valence-corrected chi connectivity index (χ4v) is 1.91. The fourth-order valence-electron chi connectivity index (χ4n) is 1.20. The third-order valence-electron chi connectivity index (χ3n) is 1.93. The summed E-state index contributed by atoms with van der Waals surface area (Å²) in [6.07, 6.45) is 1.39. The number of carbonyl (C=O) groups excluding carboxylic acids is 1. The number of hydrogen-bond acceptors (Lipinski definition) is 3. The molecule has 0 aliphatic heterocycles. The molecule has 76 valence electrons. The maximum atomic E-state index is 12.6. The molecule has 2 heterocycles. The van der Waals surface area contributed by atoms with Crippen LogP contribution in [0.4, 0.5) is 4.39 Å². The summed E-state index contributed by atoms with van der Waals surface area (Å²) in [5.74, 6) is -0.514. The number of nitrogens with zero attached hydrogens (tertiary/aromatic N) is 1. The van der Waals surface area contributed by atoms with E-state index in [-0.39, 0.29) is 5.78 Å². The molecule has 2 rings (SSSR count). The van der Waals surface area contributed by atoms with Crippen molar-refractivity contribution in [3.63, 3.8) is 0 Å². The van der Waals surface area contributed by atoms with E-state index in [1.807, 2.05) is 17.5 Å². The zero-order valence-electron chi connectivity index (χ0n) is 7.81. The topological polar surface area (TPSA) is 30.0 Å². The van der Waals surface area contributed by atoms with E-state index in [2.05, 4.69) is 4.98 Å². The molecule has 0 saturated heterocycles. The first kappa shape index (κ1) is 9.98. The van der Waals surface area contributed by atoms with Crippen molar-refractivity contribution < 1.29 is 9.18 Å². The molecule has 0 spiro atoms. The van der Waals surface area contributed by atoms with Crippen LogP contribution in [0, 0.1) is 5.82 Å². The van der Waals surface area contributed by atoms with Gasteiger partial charge >= 0.3 is 0 Å². The molecule has 0 bridgehead atoms. The number of carbonyl (C=O) groups is 1. The largest absolute Gasteiger partial charge is 0.292 e. The van der Waals surface area contributed by atoms with Gasteiger partial charge in [0.2, 0.25) is 0 Å². The Morgan fingerprint density at radius 2 is 2.27 bits per heavy atom.